The van der Waals surface area contributed by atoms with Gasteiger partial charge < -0.3 is 15.4 Å². The van der Waals surface area contributed by atoms with E-state index in [0.717, 1.165) is 29.7 Å². The van der Waals surface area contributed by atoms with Gasteiger partial charge >= 0.3 is 0 Å². The van der Waals surface area contributed by atoms with Gasteiger partial charge in [0.2, 0.25) is 0 Å². The van der Waals surface area contributed by atoms with Crippen LogP contribution in [0, 0.1) is 0 Å². The van der Waals surface area contributed by atoms with Crippen LogP contribution in [0.3, 0.4) is 0 Å². The van der Waals surface area contributed by atoms with E-state index < -0.39 is 0 Å². The normalized spacial score (nSPS) is 19.2. The number of fused-ring (bicyclic) bond motifs is 1. The number of rotatable bonds is 4. The van der Waals surface area contributed by atoms with E-state index in [1.165, 1.54) is 5.56 Å². The highest BCUT2D eigenvalue weighted by Gasteiger charge is 2.27. The van der Waals surface area contributed by atoms with Gasteiger partial charge in [-0.2, -0.15) is 0 Å². The summed E-state index contributed by atoms with van der Waals surface area (Å²) in [6.45, 7) is 1.21. The van der Waals surface area contributed by atoms with Gasteiger partial charge in [0.05, 0.1) is 12.6 Å². The van der Waals surface area contributed by atoms with Gasteiger partial charge in [-0.25, -0.2) is 4.99 Å². The molecular weight excluding hydrogens is 302 g/mol. The number of hydrogen-bond donors (Lipinski definition) is 1. The van der Waals surface area contributed by atoms with Gasteiger partial charge in [0, 0.05) is 11.3 Å². The maximum Gasteiger partial charge on any atom is 0.282 e. The second kappa shape index (κ2) is 6.00. The number of nitrogens with two attached hydrogens (primary N) is 1. The van der Waals surface area contributed by atoms with Crippen LogP contribution in [0.2, 0.25) is 0 Å². The van der Waals surface area contributed by atoms with Crippen LogP contribution >= 0.6 is 0 Å². The van der Waals surface area contributed by atoms with Crippen molar-refractivity contribution < 1.29 is 9.53 Å². The van der Waals surface area contributed by atoms with E-state index >= 15 is 0 Å². The fraction of sp³-hybridized carbons (Fsp3) is 0.263. The van der Waals surface area contributed by atoms with Crippen LogP contribution in [-0.2, 0) is 17.7 Å². The molecule has 0 saturated carbocycles. The van der Waals surface area contributed by atoms with Crippen LogP contribution in [0.25, 0.3) is 0 Å². The van der Waals surface area contributed by atoms with E-state index in [1.54, 1.807) is 0 Å². The molecule has 122 valence electrons. The molecule has 0 radical (unpaired) electrons. The second-order valence-corrected chi connectivity index (χ2v) is 6.19. The summed E-state index contributed by atoms with van der Waals surface area (Å²) in [5.74, 6) is 0.0752. The van der Waals surface area contributed by atoms with Crippen molar-refractivity contribution in [3.63, 3.8) is 0 Å². The lowest BCUT2D eigenvalue weighted by Crippen LogP contribution is -2.22. The average Bonchev–Trinajstić information content (AvgIpc) is 3.17. The minimum atomic E-state index is 0.0752. The molecule has 5 heteroatoms. The number of nitrogens with zero attached hydrogens (tertiary/aromatic N) is 2. The minimum Gasteiger partial charge on any atom is -0.463 e. The molecule has 1 amide bonds. The number of amidine groups is 1. The average molecular weight is 321 g/mol. The molecule has 2 aliphatic heterocycles. The summed E-state index contributed by atoms with van der Waals surface area (Å²) in [6, 6.07) is 16.4. The molecule has 0 fully saturated rings. The quantitative estimate of drug-likeness (QED) is 0.941. The number of anilines is 1. The first-order valence-electron chi connectivity index (χ1n) is 8.15. The molecule has 0 aromatic heterocycles. The lowest BCUT2D eigenvalue weighted by atomic mass is 10.1. The third-order valence-electron chi connectivity index (χ3n) is 4.57. The number of carbonyl (C=O) groups is 1. The first kappa shape index (κ1) is 14.8. The fourth-order valence-corrected chi connectivity index (χ4v) is 3.22. The van der Waals surface area contributed by atoms with Crippen LogP contribution in [0.1, 0.15) is 27.9 Å². The molecule has 2 aromatic rings. The summed E-state index contributed by atoms with van der Waals surface area (Å²) in [5, 5.41) is 0. The Kier molecular flexibility index (Phi) is 3.69. The van der Waals surface area contributed by atoms with Crippen LogP contribution < -0.4 is 10.6 Å². The maximum atomic E-state index is 12.5. The summed E-state index contributed by atoms with van der Waals surface area (Å²) in [5.41, 5.74) is 9.58. The van der Waals surface area contributed by atoms with Crippen molar-refractivity contribution >= 4 is 17.6 Å². The lowest BCUT2D eigenvalue weighted by molar-refractivity contribution is 0.0996. The van der Waals surface area contributed by atoms with Crippen LogP contribution in [0.15, 0.2) is 53.5 Å². The zero-order valence-electron chi connectivity index (χ0n) is 13.3. The Bertz CT molecular complexity index is 799. The van der Waals surface area contributed by atoms with Crippen molar-refractivity contribution in [2.45, 2.75) is 25.4 Å². The van der Waals surface area contributed by atoms with Crippen molar-refractivity contribution in [2.24, 2.45) is 10.7 Å². The van der Waals surface area contributed by atoms with Crippen LogP contribution in [0.5, 0.6) is 0 Å². The molecule has 0 bridgehead atoms. The molecule has 4 rings (SSSR count). The molecule has 2 aliphatic rings. The number of aryl methyl sites for hydroxylation is 1. The van der Waals surface area contributed by atoms with Crippen molar-refractivity contribution in [1.29, 1.82) is 0 Å². The van der Waals surface area contributed by atoms with Gasteiger partial charge in [-0.1, -0.05) is 30.3 Å². The Hall–Kier alpha value is -2.82. The summed E-state index contributed by atoms with van der Waals surface area (Å²) in [7, 11) is 0. The predicted molar refractivity (Wildman–Crippen MR) is 93.1 cm³/mol. The summed E-state index contributed by atoms with van der Waals surface area (Å²) < 4.78 is 5.17. The zero-order valence-corrected chi connectivity index (χ0v) is 13.3. The van der Waals surface area contributed by atoms with Gasteiger partial charge in [-0.3, -0.25) is 4.79 Å². The highest BCUT2D eigenvalue weighted by atomic mass is 16.5. The minimum absolute atomic E-state index is 0.0752. The molecule has 2 heterocycles. The summed E-state index contributed by atoms with van der Waals surface area (Å²) >= 11 is 0. The predicted octanol–water partition coefficient (Wildman–Crippen LogP) is 2.49. The Morgan fingerprint density at radius 3 is 2.67 bits per heavy atom. The molecule has 2 aromatic carbocycles. The van der Waals surface area contributed by atoms with Crippen molar-refractivity contribution in [1.82, 2.24) is 0 Å². The molecule has 24 heavy (non-hydrogen) atoms. The largest absolute Gasteiger partial charge is 0.463 e. The number of benzene rings is 2. The molecule has 5 nitrogen and oxygen atoms in total. The Morgan fingerprint density at radius 1 is 1.17 bits per heavy atom. The molecular formula is C19H19N3O2. The van der Waals surface area contributed by atoms with Gasteiger partial charge in [0.1, 0.15) is 6.61 Å². The Morgan fingerprint density at radius 2 is 1.96 bits per heavy atom. The summed E-state index contributed by atoms with van der Waals surface area (Å²) in [6.07, 6.45) is 1.83. The van der Waals surface area contributed by atoms with Gasteiger partial charge in [0.15, 0.2) is 0 Å². The third-order valence-corrected chi connectivity index (χ3v) is 4.57. The number of ether oxygens (including phenoxy) is 1. The van der Waals surface area contributed by atoms with Gasteiger partial charge in [-0.05, 0) is 42.2 Å². The summed E-state index contributed by atoms with van der Waals surface area (Å²) in [4.78, 5) is 18.6. The first-order valence-corrected chi connectivity index (χ1v) is 8.15. The molecule has 0 saturated heterocycles. The van der Waals surface area contributed by atoms with Crippen molar-refractivity contribution in [3.8, 4) is 0 Å². The van der Waals surface area contributed by atoms with E-state index in [9.17, 15) is 4.79 Å². The molecule has 0 aliphatic carbocycles. The van der Waals surface area contributed by atoms with Crippen LogP contribution in [0.4, 0.5) is 5.69 Å². The Labute approximate surface area is 140 Å². The second-order valence-electron chi connectivity index (χ2n) is 6.19. The molecule has 1 unspecified atom stereocenters. The zero-order chi connectivity index (χ0) is 16.5. The number of amides is 1. The van der Waals surface area contributed by atoms with E-state index in [2.05, 4.69) is 17.1 Å². The number of carbonyl (C=O) groups excluding carboxylic acids is 1. The SMILES string of the molecule is NC1=NC(CCc2ccc(N3Cc4ccccc4C3=O)cc2)CO1. The molecule has 2 N–H and O–H groups in total. The van der Waals surface area contributed by atoms with Gasteiger partial charge in [-0.15, -0.1) is 0 Å². The third kappa shape index (κ3) is 2.73. The first-order chi connectivity index (χ1) is 11.7. The highest BCUT2D eigenvalue weighted by molar-refractivity contribution is 6.09. The van der Waals surface area contributed by atoms with Crippen molar-refractivity contribution in [2.75, 3.05) is 11.5 Å². The van der Waals surface area contributed by atoms with Crippen LogP contribution in [-0.4, -0.2) is 24.6 Å². The Balaban J connectivity index is 1.42. The van der Waals surface area contributed by atoms with E-state index in [0.29, 0.717) is 19.2 Å². The fourth-order valence-electron chi connectivity index (χ4n) is 3.22. The lowest BCUT2D eigenvalue weighted by Gasteiger charge is -2.16. The van der Waals surface area contributed by atoms with Crippen molar-refractivity contribution in [3.05, 3.63) is 65.2 Å². The standard InChI is InChI=1S/C19H19N3O2/c20-19-21-15(12-24-19)8-5-13-6-9-16(10-7-13)22-11-14-3-1-2-4-17(14)18(22)23/h1-4,6-7,9-10,15H,5,8,11-12H2,(H2,20,21). The highest BCUT2D eigenvalue weighted by Crippen LogP contribution is 2.28. The number of aliphatic imine (C=N–C) groups is 1. The topological polar surface area (TPSA) is 67.9 Å². The van der Waals surface area contributed by atoms with E-state index in [4.69, 9.17) is 10.5 Å². The monoisotopic (exact) mass is 321 g/mol. The molecule has 1 atom stereocenters. The molecule has 0 spiro atoms. The van der Waals surface area contributed by atoms with E-state index in [1.807, 2.05) is 41.3 Å². The van der Waals surface area contributed by atoms with E-state index in [-0.39, 0.29) is 11.9 Å². The maximum absolute atomic E-state index is 12.5. The van der Waals surface area contributed by atoms with Gasteiger partial charge in [0.25, 0.3) is 11.9 Å². The number of hydrogen-bond acceptors (Lipinski definition) is 4. The smallest absolute Gasteiger partial charge is 0.282 e.